The van der Waals surface area contributed by atoms with Crippen LogP contribution in [0.25, 0.3) is 27.4 Å². The maximum atomic E-state index is 14.6. The van der Waals surface area contributed by atoms with Crippen LogP contribution in [0.4, 0.5) is 17.6 Å². The van der Waals surface area contributed by atoms with E-state index in [9.17, 15) is 26.0 Å². The summed E-state index contributed by atoms with van der Waals surface area (Å²) in [7, 11) is -3.47. The third-order valence-corrected chi connectivity index (χ3v) is 5.87. The Morgan fingerprint density at radius 2 is 1.48 bits per heavy atom. The predicted molar refractivity (Wildman–Crippen MR) is 101 cm³/mol. The molecule has 0 aliphatic rings. The lowest BCUT2D eigenvalue weighted by molar-refractivity contribution is -0.140. The first-order valence-electron chi connectivity index (χ1n) is 8.47. The predicted octanol–water partition coefficient (Wildman–Crippen LogP) is 5.05. The molecular weight excluding hydrogens is 408 g/mol. The van der Waals surface area contributed by atoms with E-state index >= 15 is 0 Å². The van der Waals surface area contributed by atoms with Crippen LogP contribution in [0.3, 0.4) is 0 Å². The molecule has 0 unspecified atom stereocenters. The maximum absolute atomic E-state index is 14.6. The molecular formula is C20H14F4N2O2S. The minimum atomic E-state index is -4.72. The zero-order valence-electron chi connectivity index (χ0n) is 15.2. The largest absolute Gasteiger partial charge is 0.435 e. The number of aryl methyl sites for hydroxylation is 1. The van der Waals surface area contributed by atoms with Crippen LogP contribution < -0.4 is 0 Å². The van der Waals surface area contributed by atoms with Gasteiger partial charge in [0.25, 0.3) is 0 Å². The Labute approximate surface area is 163 Å². The summed E-state index contributed by atoms with van der Waals surface area (Å²) in [5.41, 5.74) is -0.397. The van der Waals surface area contributed by atoms with Gasteiger partial charge in [0.15, 0.2) is 15.5 Å². The number of halogens is 4. The normalized spacial score (nSPS) is 12.8. The van der Waals surface area contributed by atoms with Crippen molar-refractivity contribution in [3.8, 4) is 5.69 Å². The third-order valence-electron chi connectivity index (χ3n) is 4.74. The molecule has 4 aromatic rings. The lowest BCUT2D eigenvalue weighted by atomic mass is 10.0. The second-order valence-corrected chi connectivity index (χ2v) is 8.79. The first-order valence-corrected chi connectivity index (χ1v) is 10.4. The van der Waals surface area contributed by atoms with E-state index in [0.717, 1.165) is 10.9 Å². The van der Waals surface area contributed by atoms with Crippen LogP contribution in [-0.2, 0) is 16.0 Å². The minimum Gasteiger partial charge on any atom is -0.232 e. The molecule has 0 aliphatic heterocycles. The van der Waals surface area contributed by atoms with Crippen LogP contribution in [0.1, 0.15) is 11.3 Å². The number of rotatable bonds is 2. The minimum absolute atomic E-state index is 0.0280. The number of fused-ring (bicyclic) bond motifs is 3. The summed E-state index contributed by atoms with van der Waals surface area (Å²) in [5, 5.41) is 4.04. The molecule has 0 N–H and O–H groups in total. The Morgan fingerprint density at radius 1 is 0.897 bits per heavy atom. The van der Waals surface area contributed by atoms with Gasteiger partial charge in [-0.1, -0.05) is 18.2 Å². The van der Waals surface area contributed by atoms with E-state index in [0.29, 0.717) is 5.56 Å². The van der Waals surface area contributed by atoms with Gasteiger partial charge in [-0.2, -0.15) is 18.3 Å². The van der Waals surface area contributed by atoms with Gasteiger partial charge in [0.1, 0.15) is 5.82 Å². The number of hydrogen-bond donors (Lipinski definition) is 0. The van der Waals surface area contributed by atoms with E-state index in [2.05, 4.69) is 5.10 Å². The molecule has 0 aliphatic carbocycles. The van der Waals surface area contributed by atoms with Crippen LogP contribution in [0, 0.1) is 12.7 Å². The third kappa shape index (κ3) is 3.15. The fourth-order valence-corrected chi connectivity index (χ4v) is 3.95. The topological polar surface area (TPSA) is 52.0 Å². The molecule has 4 rings (SSSR count). The van der Waals surface area contributed by atoms with Gasteiger partial charge in [0.2, 0.25) is 0 Å². The lowest BCUT2D eigenvalue weighted by Crippen LogP contribution is -2.07. The van der Waals surface area contributed by atoms with Crippen molar-refractivity contribution in [2.24, 2.45) is 0 Å². The highest BCUT2D eigenvalue weighted by atomic mass is 32.2. The molecule has 0 saturated heterocycles. The number of alkyl halides is 3. The van der Waals surface area contributed by atoms with Gasteiger partial charge in [0, 0.05) is 22.4 Å². The summed E-state index contributed by atoms with van der Waals surface area (Å²) < 4.78 is 79.7. The average molecular weight is 422 g/mol. The van der Waals surface area contributed by atoms with Crippen molar-refractivity contribution in [1.82, 2.24) is 9.78 Å². The molecule has 0 bridgehead atoms. The molecule has 0 fully saturated rings. The van der Waals surface area contributed by atoms with Crippen molar-refractivity contribution in [2.75, 3.05) is 6.26 Å². The van der Waals surface area contributed by atoms with Gasteiger partial charge < -0.3 is 0 Å². The summed E-state index contributed by atoms with van der Waals surface area (Å²) in [6.45, 7) is 1.57. The zero-order chi connectivity index (χ0) is 21.1. The Bertz CT molecular complexity index is 1370. The fourth-order valence-electron chi connectivity index (χ4n) is 3.32. The molecule has 1 heterocycles. The molecule has 0 amide bonds. The van der Waals surface area contributed by atoms with Gasteiger partial charge in [-0.05, 0) is 42.8 Å². The number of nitrogens with zero attached hydrogens (tertiary/aromatic N) is 2. The number of sulfone groups is 1. The molecule has 0 radical (unpaired) electrons. The molecule has 0 spiro atoms. The lowest BCUT2D eigenvalue weighted by Gasteiger charge is -2.08. The van der Waals surface area contributed by atoms with E-state index in [4.69, 9.17) is 0 Å². The standard InChI is InChI=1S/C20H14F4N2O2S/c1-11-3-8-15-14(17(11)21)9-10-16-18(15)26(25-19(16)20(22,23)24)12-4-6-13(7-5-12)29(2,27)28/h3-10H,1-2H3. The highest BCUT2D eigenvalue weighted by Crippen LogP contribution is 2.38. The van der Waals surface area contributed by atoms with Crippen LogP contribution in [0.2, 0.25) is 0 Å². The number of benzene rings is 3. The Morgan fingerprint density at radius 3 is 2.07 bits per heavy atom. The van der Waals surface area contributed by atoms with E-state index in [1.54, 1.807) is 13.0 Å². The Balaban J connectivity index is 2.10. The molecule has 9 heteroatoms. The van der Waals surface area contributed by atoms with Crippen molar-refractivity contribution in [1.29, 1.82) is 0 Å². The van der Waals surface area contributed by atoms with Crippen molar-refractivity contribution in [3.05, 3.63) is 65.6 Å². The first-order chi connectivity index (χ1) is 13.5. The zero-order valence-corrected chi connectivity index (χ0v) is 16.1. The van der Waals surface area contributed by atoms with Crippen molar-refractivity contribution in [2.45, 2.75) is 18.0 Å². The van der Waals surface area contributed by atoms with Crippen LogP contribution in [-0.4, -0.2) is 24.5 Å². The van der Waals surface area contributed by atoms with Gasteiger partial charge in [-0.25, -0.2) is 17.5 Å². The molecule has 3 aromatic carbocycles. The van der Waals surface area contributed by atoms with Gasteiger partial charge in [-0.3, -0.25) is 0 Å². The highest BCUT2D eigenvalue weighted by Gasteiger charge is 2.37. The van der Waals surface area contributed by atoms with E-state index in [1.165, 1.54) is 42.5 Å². The molecule has 4 nitrogen and oxygen atoms in total. The molecule has 150 valence electrons. The summed E-state index contributed by atoms with van der Waals surface area (Å²) in [4.78, 5) is 0.0280. The quantitative estimate of drug-likeness (QED) is 0.425. The van der Waals surface area contributed by atoms with Gasteiger partial charge in [-0.15, -0.1) is 0 Å². The van der Waals surface area contributed by atoms with Crippen molar-refractivity contribution >= 4 is 31.5 Å². The van der Waals surface area contributed by atoms with Gasteiger partial charge in [0.05, 0.1) is 16.1 Å². The average Bonchev–Trinajstić information content (AvgIpc) is 3.04. The summed E-state index contributed by atoms with van der Waals surface area (Å²) in [6.07, 6.45) is -3.68. The Kier molecular flexibility index (Phi) is 4.20. The monoisotopic (exact) mass is 422 g/mol. The summed E-state index contributed by atoms with van der Waals surface area (Å²) in [5.74, 6) is -0.516. The van der Waals surface area contributed by atoms with E-state index < -0.39 is 27.5 Å². The SMILES string of the molecule is Cc1ccc2c(ccc3c(C(F)(F)F)nn(-c4ccc(S(C)(=O)=O)cc4)c32)c1F. The highest BCUT2D eigenvalue weighted by molar-refractivity contribution is 7.90. The van der Waals surface area contributed by atoms with Crippen LogP contribution >= 0.6 is 0 Å². The summed E-state index contributed by atoms with van der Waals surface area (Å²) >= 11 is 0. The molecule has 1 aromatic heterocycles. The van der Waals surface area contributed by atoms with Gasteiger partial charge >= 0.3 is 6.18 Å². The molecule has 29 heavy (non-hydrogen) atoms. The maximum Gasteiger partial charge on any atom is 0.435 e. The summed E-state index contributed by atoms with van der Waals surface area (Å²) in [6, 6.07) is 10.9. The van der Waals surface area contributed by atoms with E-state index in [-0.39, 0.29) is 32.3 Å². The van der Waals surface area contributed by atoms with Crippen LogP contribution in [0.15, 0.2) is 53.4 Å². The van der Waals surface area contributed by atoms with Crippen molar-refractivity contribution in [3.63, 3.8) is 0 Å². The second kappa shape index (κ2) is 6.28. The van der Waals surface area contributed by atoms with E-state index in [1.807, 2.05) is 0 Å². The Hall–Kier alpha value is -2.94. The number of hydrogen-bond acceptors (Lipinski definition) is 3. The smallest absolute Gasteiger partial charge is 0.232 e. The van der Waals surface area contributed by atoms with Crippen LogP contribution in [0.5, 0.6) is 0 Å². The fraction of sp³-hybridized carbons (Fsp3) is 0.150. The molecule has 0 atom stereocenters. The second-order valence-electron chi connectivity index (χ2n) is 6.78. The number of aromatic nitrogens is 2. The molecule has 0 saturated carbocycles. The first kappa shape index (κ1) is 19.4. The van der Waals surface area contributed by atoms with Crippen molar-refractivity contribution < 1.29 is 26.0 Å².